The summed E-state index contributed by atoms with van der Waals surface area (Å²) in [6.07, 6.45) is 0.453. The van der Waals surface area contributed by atoms with Crippen LogP contribution in [0.15, 0.2) is 5.51 Å². The van der Waals surface area contributed by atoms with Gasteiger partial charge in [-0.3, -0.25) is 4.79 Å². The molecule has 1 N–H and O–H groups in total. The molecular formula is C8H11NO2S2. The van der Waals surface area contributed by atoms with Gasteiger partial charge >= 0.3 is 5.97 Å². The Labute approximate surface area is 86.2 Å². The fourth-order valence-corrected chi connectivity index (χ4v) is 2.39. The molecule has 0 amide bonds. The van der Waals surface area contributed by atoms with Crippen LogP contribution in [0.4, 0.5) is 0 Å². The van der Waals surface area contributed by atoms with Crippen LogP contribution in [0.3, 0.4) is 0 Å². The van der Waals surface area contributed by atoms with Gasteiger partial charge in [0.25, 0.3) is 0 Å². The van der Waals surface area contributed by atoms with Crippen molar-refractivity contribution >= 4 is 29.9 Å². The van der Waals surface area contributed by atoms with Gasteiger partial charge in [0.1, 0.15) is 4.75 Å². The van der Waals surface area contributed by atoms with Crippen LogP contribution in [0.2, 0.25) is 0 Å². The summed E-state index contributed by atoms with van der Waals surface area (Å²) < 4.78 is -1.08. The maximum absolute atomic E-state index is 11.0. The van der Waals surface area contributed by atoms with Crippen LogP contribution in [-0.2, 0) is 9.54 Å². The van der Waals surface area contributed by atoms with E-state index in [9.17, 15) is 4.79 Å². The largest absolute Gasteiger partial charge is 0.480 e. The summed E-state index contributed by atoms with van der Waals surface area (Å²) in [5.74, 6) is -0.911. The van der Waals surface area contributed by atoms with Gasteiger partial charge in [-0.15, -0.1) is 11.3 Å². The van der Waals surface area contributed by atoms with Crippen molar-refractivity contribution in [3.8, 4) is 0 Å². The molecule has 0 aliphatic carbocycles. The molecule has 0 bridgehead atoms. The Morgan fingerprint density at radius 1 is 1.85 bits per heavy atom. The molecule has 13 heavy (non-hydrogen) atoms. The molecule has 0 saturated carbocycles. The average molecular weight is 217 g/mol. The van der Waals surface area contributed by atoms with Crippen LogP contribution >= 0.6 is 24.0 Å². The van der Waals surface area contributed by atoms with Gasteiger partial charge in [0.2, 0.25) is 0 Å². The first-order chi connectivity index (χ1) is 6.02. The van der Waals surface area contributed by atoms with E-state index in [-0.39, 0.29) is 0 Å². The molecule has 0 aliphatic heterocycles. The second-order valence-corrected chi connectivity index (χ2v) is 4.40. The Balaban J connectivity index is 3.17. The maximum atomic E-state index is 11.0. The number of carboxylic acids is 1. The minimum atomic E-state index is -1.08. The molecule has 1 heterocycles. The van der Waals surface area contributed by atoms with Crippen LogP contribution in [0.1, 0.15) is 23.9 Å². The van der Waals surface area contributed by atoms with Crippen molar-refractivity contribution in [2.24, 2.45) is 0 Å². The lowest BCUT2D eigenvalue weighted by molar-refractivity contribution is -0.140. The number of thiazole rings is 1. The Kier molecular flexibility index (Phi) is 2.98. The number of aliphatic carboxylic acids is 1. The normalized spacial score (nSPS) is 15.3. The quantitative estimate of drug-likeness (QED) is 0.762. The molecule has 0 radical (unpaired) electrons. The Bertz CT molecular complexity index is 324. The number of rotatable bonds is 3. The summed E-state index contributed by atoms with van der Waals surface area (Å²) >= 11 is 5.55. The molecule has 3 nitrogen and oxygen atoms in total. The topological polar surface area (TPSA) is 50.2 Å². The molecule has 0 aromatic carbocycles. The van der Waals surface area contributed by atoms with Crippen molar-refractivity contribution in [1.29, 1.82) is 0 Å². The van der Waals surface area contributed by atoms with E-state index in [1.165, 1.54) is 11.3 Å². The summed E-state index contributed by atoms with van der Waals surface area (Å²) in [7, 11) is 0. The highest BCUT2D eigenvalue weighted by atomic mass is 32.1. The Hall–Kier alpha value is -0.550. The third-order valence-electron chi connectivity index (χ3n) is 1.99. The summed E-state index contributed by atoms with van der Waals surface area (Å²) in [4.78, 5) is 15.8. The Morgan fingerprint density at radius 3 is 2.77 bits per heavy atom. The Morgan fingerprint density at radius 2 is 2.46 bits per heavy atom. The predicted octanol–water partition coefficient (Wildman–Crippen LogP) is 2.07. The molecule has 1 rings (SSSR count). The van der Waals surface area contributed by atoms with Crippen molar-refractivity contribution in [2.75, 3.05) is 0 Å². The van der Waals surface area contributed by atoms with E-state index in [0.29, 0.717) is 6.42 Å². The van der Waals surface area contributed by atoms with E-state index in [2.05, 4.69) is 17.6 Å². The first kappa shape index (κ1) is 10.5. The first-order valence-corrected chi connectivity index (χ1v) is 5.21. The molecule has 0 spiro atoms. The van der Waals surface area contributed by atoms with E-state index in [0.717, 1.165) is 10.6 Å². The second-order valence-electron chi connectivity index (χ2n) is 2.79. The fourth-order valence-electron chi connectivity index (χ4n) is 1.11. The lowest BCUT2D eigenvalue weighted by Gasteiger charge is -2.20. The zero-order valence-corrected chi connectivity index (χ0v) is 9.15. The molecule has 0 aliphatic rings. The number of aromatic nitrogens is 1. The van der Waals surface area contributed by atoms with Crippen LogP contribution in [-0.4, -0.2) is 16.1 Å². The smallest absolute Gasteiger partial charge is 0.324 e. The minimum Gasteiger partial charge on any atom is -0.480 e. The predicted molar refractivity (Wildman–Crippen MR) is 55.4 cm³/mol. The molecule has 72 valence electrons. The number of carbonyl (C=O) groups is 1. The van der Waals surface area contributed by atoms with Crippen LogP contribution in [0.25, 0.3) is 0 Å². The standard InChI is InChI=1S/C8H11NO2S2/c1-3-8(12,7(10)11)6-5(2)9-4-13-6/h4,12H,3H2,1-2H3,(H,10,11). The van der Waals surface area contributed by atoms with Gasteiger partial charge in [0, 0.05) is 0 Å². The molecule has 1 aromatic heterocycles. The number of carboxylic acid groups (broad SMARTS) is 1. The molecule has 1 atom stereocenters. The second kappa shape index (κ2) is 3.67. The maximum Gasteiger partial charge on any atom is 0.324 e. The highest BCUT2D eigenvalue weighted by Crippen LogP contribution is 2.36. The number of hydrogen-bond donors (Lipinski definition) is 2. The minimum absolute atomic E-state index is 0.453. The molecule has 1 unspecified atom stereocenters. The number of thiol groups is 1. The van der Waals surface area contributed by atoms with Gasteiger partial charge in [-0.05, 0) is 13.3 Å². The van der Waals surface area contributed by atoms with E-state index < -0.39 is 10.7 Å². The van der Waals surface area contributed by atoms with Gasteiger partial charge in [-0.2, -0.15) is 12.6 Å². The van der Waals surface area contributed by atoms with Crippen LogP contribution in [0, 0.1) is 6.92 Å². The van der Waals surface area contributed by atoms with E-state index in [4.69, 9.17) is 5.11 Å². The van der Waals surface area contributed by atoms with E-state index >= 15 is 0 Å². The highest BCUT2D eigenvalue weighted by molar-refractivity contribution is 7.82. The summed E-state index contributed by atoms with van der Waals surface area (Å²) in [6.45, 7) is 3.61. The van der Waals surface area contributed by atoms with E-state index in [1.807, 2.05) is 0 Å². The third-order valence-corrected chi connectivity index (χ3v) is 3.96. The van der Waals surface area contributed by atoms with Crippen molar-refractivity contribution in [2.45, 2.75) is 25.0 Å². The summed E-state index contributed by atoms with van der Waals surface area (Å²) in [5, 5.41) is 9.03. The monoisotopic (exact) mass is 217 g/mol. The molecule has 5 heteroatoms. The van der Waals surface area contributed by atoms with Crippen molar-refractivity contribution in [3.63, 3.8) is 0 Å². The fraction of sp³-hybridized carbons (Fsp3) is 0.500. The third kappa shape index (κ3) is 1.71. The van der Waals surface area contributed by atoms with Crippen molar-refractivity contribution < 1.29 is 9.90 Å². The number of hydrogen-bond acceptors (Lipinski definition) is 4. The summed E-state index contributed by atoms with van der Waals surface area (Å²) in [6, 6.07) is 0. The highest BCUT2D eigenvalue weighted by Gasteiger charge is 2.37. The molecular weight excluding hydrogens is 206 g/mol. The van der Waals surface area contributed by atoms with E-state index in [1.54, 1.807) is 19.4 Å². The van der Waals surface area contributed by atoms with Crippen LogP contribution in [0.5, 0.6) is 0 Å². The first-order valence-electron chi connectivity index (χ1n) is 3.88. The zero-order chi connectivity index (χ0) is 10.1. The number of aryl methyl sites for hydroxylation is 1. The van der Waals surface area contributed by atoms with Crippen LogP contribution < -0.4 is 0 Å². The summed E-state index contributed by atoms with van der Waals surface area (Å²) in [5.41, 5.74) is 2.40. The lowest BCUT2D eigenvalue weighted by Crippen LogP contribution is -2.28. The number of nitrogens with zero attached hydrogens (tertiary/aromatic N) is 1. The average Bonchev–Trinajstić information content (AvgIpc) is 2.50. The van der Waals surface area contributed by atoms with Crippen molar-refractivity contribution in [1.82, 2.24) is 4.98 Å². The SMILES string of the molecule is CCC(S)(C(=O)O)c1scnc1C. The van der Waals surface area contributed by atoms with Gasteiger partial charge in [-0.25, -0.2) is 4.98 Å². The van der Waals surface area contributed by atoms with Gasteiger partial charge in [-0.1, -0.05) is 6.92 Å². The zero-order valence-electron chi connectivity index (χ0n) is 7.44. The van der Waals surface area contributed by atoms with Gasteiger partial charge < -0.3 is 5.11 Å². The van der Waals surface area contributed by atoms with Gasteiger partial charge in [0.15, 0.2) is 0 Å². The van der Waals surface area contributed by atoms with Crippen molar-refractivity contribution in [3.05, 3.63) is 16.1 Å². The molecule has 0 saturated heterocycles. The molecule has 0 fully saturated rings. The lowest BCUT2D eigenvalue weighted by atomic mass is 10.0. The molecule has 1 aromatic rings. The van der Waals surface area contributed by atoms with Gasteiger partial charge in [0.05, 0.1) is 16.1 Å².